The predicted octanol–water partition coefficient (Wildman–Crippen LogP) is 1.49. The van der Waals surface area contributed by atoms with Crippen LogP contribution >= 0.6 is 11.3 Å². The largest absolute Gasteiger partial charge is 0.487 e. The van der Waals surface area contributed by atoms with E-state index in [1.54, 1.807) is 12.1 Å². The van der Waals surface area contributed by atoms with Crippen LogP contribution in [0, 0.1) is 0 Å². The fourth-order valence-electron chi connectivity index (χ4n) is 1.09. The molecule has 0 bridgehead atoms. The van der Waals surface area contributed by atoms with Crippen LogP contribution in [0.5, 0.6) is 5.06 Å². The average molecular weight is 256 g/mol. The van der Waals surface area contributed by atoms with Crippen molar-refractivity contribution in [1.29, 1.82) is 0 Å². The molecule has 0 saturated heterocycles. The number of ether oxygens (including phenoxy) is 3. The number of esters is 2. The van der Waals surface area contributed by atoms with Crippen molar-refractivity contribution in [2.24, 2.45) is 0 Å². The average Bonchev–Trinajstić information content (AvgIpc) is 2.83. The quantitative estimate of drug-likeness (QED) is 0.603. The summed E-state index contributed by atoms with van der Waals surface area (Å²) in [4.78, 5) is 23.3. The van der Waals surface area contributed by atoms with Crippen LogP contribution in [0.1, 0.15) is 4.88 Å². The van der Waals surface area contributed by atoms with Crippen LogP contribution < -0.4 is 4.74 Å². The Hall–Kier alpha value is -1.82. The number of rotatable bonds is 4. The molecular weight excluding hydrogens is 244 g/mol. The van der Waals surface area contributed by atoms with Gasteiger partial charge in [0.05, 0.1) is 26.9 Å². The normalized spacial score (nSPS) is 10.9. The van der Waals surface area contributed by atoms with Gasteiger partial charge in [0.25, 0.3) is 0 Å². The maximum absolute atomic E-state index is 11.5. The molecule has 1 heterocycles. The molecule has 0 spiro atoms. The molecule has 0 atom stereocenters. The maximum atomic E-state index is 11.5. The third-order valence-corrected chi connectivity index (χ3v) is 3.00. The van der Waals surface area contributed by atoms with Gasteiger partial charge < -0.3 is 14.2 Å². The number of thiophene rings is 1. The van der Waals surface area contributed by atoms with Crippen LogP contribution in [0.3, 0.4) is 0 Å². The number of carbonyl (C=O) groups excluding carboxylic acids is 2. The van der Waals surface area contributed by atoms with Gasteiger partial charge in [0.1, 0.15) is 0 Å². The highest BCUT2D eigenvalue weighted by Crippen LogP contribution is 2.30. The zero-order chi connectivity index (χ0) is 12.8. The second kappa shape index (κ2) is 6.05. The molecule has 0 aliphatic carbocycles. The number of hydrogen-bond acceptors (Lipinski definition) is 6. The molecule has 1 rings (SSSR count). The SMILES string of the molecule is COC(=O)/C=C(\C(=O)OC)c1ccc(OC)s1. The molecule has 0 unspecified atom stereocenters. The third-order valence-electron chi connectivity index (χ3n) is 1.92. The Kier molecular flexibility index (Phi) is 4.71. The number of carbonyl (C=O) groups is 2. The zero-order valence-corrected chi connectivity index (χ0v) is 10.5. The molecule has 0 radical (unpaired) electrons. The first-order valence-electron chi connectivity index (χ1n) is 4.64. The van der Waals surface area contributed by atoms with E-state index in [1.165, 1.54) is 32.7 Å². The molecule has 92 valence electrons. The summed E-state index contributed by atoms with van der Waals surface area (Å²) in [6.45, 7) is 0. The van der Waals surface area contributed by atoms with Gasteiger partial charge >= 0.3 is 11.9 Å². The van der Waals surface area contributed by atoms with Crippen LogP contribution in [-0.2, 0) is 19.1 Å². The second-order valence-corrected chi connectivity index (χ2v) is 3.94. The summed E-state index contributed by atoms with van der Waals surface area (Å²) < 4.78 is 14.1. The summed E-state index contributed by atoms with van der Waals surface area (Å²) in [5.41, 5.74) is 0.146. The monoisotopic (exact) mass is 256 g/mol. The van der Waals surface area contributed by atoms with E-state index < -0.39 is 11.9 Å². The van der Waals surface area contributed by atoms with Crippen molar-refractivity contribution in [2.75, 3.05) is 21.3 Å². The first kappa shape index (κ1) is 13.2. The molecule has 0 N–H and O–H groups in total. The van der Waals surface area contributed by atoms with Crippen molar-refractivity contribution in [3.8, 4) is 5.06 Å². The highest BCUT2D eigenvalue weighted by molar-refractivity contribution is 7.15. The lowest BCUT2D eigenvalue weighted by atomic mass is 10.2. The lowest BCUT2D eigenvalue weighted by Crippen LogP contribution is -2.06. The van der Waals surface area contributed by atoms with Crippen LogP contribution in [0.25, 0.3) is 5.57 Å². The van der Waals surface area contributed by atoms with Gasteiger partial charge in [0, 0.05) is 11.0 Å². The van der Waals surface area contributed by atoms with Crippen molar-refractivity contribution in [1.82, 2.24) is 0 Å². The molecule has 0 saturated carbocycles. The molecule has 1 aromatic rings. The van der Waals surface area contributed by atoms with Crippen molar-refractivity contribution in [2.45, 2.75) is 0 Å². The topological polar surface area (TPSA) is 61.8 Å². The Morgan fingerprint density at radius 1 is 1.18 bits per heavy atom. The van der Waals surface area contributed by atoms with E-state index in [4.69, 9.17) is 4.74 Å². The fraction of sp³-hybridized carbons (Fsp3) is 0.273. The Morgan fingerprint density at radius 2 is 1.88 bits per heavy atom. The van der Waals surface area contributed by atoms with Crippen molar-refractivity contribution < 1.29 is 23.8 Å². The number of methoxy groups -OCH3 is 3. The van der Waals surface area contributed by atoms with E-state index in [9.17, 15) is 9.59 Å². The molecule has 17 heavy (non-hydrogen) atoms. The summed E-state index contributed by atoms with van der Waals surface area (Å²) in [6, 6.07) is 3.38. The van der Waals surface area contributed by atoms with Gasteiger partial charge in [0.2, 0.25) is 0 Å². The smallest absolute Gasteiger partial charge is 0.339 e. The van der Waals surface area contributed by atoms with E-state index in [0.29, 0.717) is 9.94 Å². The van der Waals surface area contributed by atoms with Crippen molar-refractivity contribution in [3.63, 3.8) is 0 Å². The molecule has 0 amide bonds. The van der Waals surface area contributed by atoms with Crippen molar-refractivity contribution in [3.05, 3.63) is 23.1 Å². The summed E-state index contributed by atoms with van der Waals surface area (Å²) in [7, 11) is 4.01. The third kappa shape index (κ3) is 3.32. The van der Waals surface area contributed by atoms with Crippen LogP contribution in [-0.4, -0.2) is 33.3 Å². The molecule has 0 aliphatic heterocycles. The van der Waals surface area contributed by atoms with Gasteiger partial charge in [-0.15, -0.1) is 0 Å². The van der Waals surface area contributed by atoms with Gasteiger partial charge in [-0.2, -0.15) is 0 Å². The minimum absolute atomic E-state index is 0.146. The zero-order valence-electron chi connectivity index (χ0n) is 9.68. The van der Waals surface area contributed by atoms with Gasteiger partial charge in [-0.1, -0.05) is 11.3 Å². The van der Waals surface area contributed by atoms with Crippen molar-refractivity contribution >= 4 is 28.8 Å². The molecule has 6 heteroatoms. The second-order valence-electron chi connectivity index (χ2n) is 2.90. The first-order valence-corrected chi connectivity index (χ1v) is 5.46. The minimum Gasteiger partial charge on any atom is -0.487 e. The van der Waals surface area contributed by atoms with Gasteiger partial charge in [-0.3, -0.25) is 0 Å². The highest BCUT2D eigenvalue weighted by Gasteiger charge is 2.17. The van der Waals surface area contributed by atoms with Crippen LogP contribution in [0.4, 0.5) is 0 Å². The van der Waals surface area contributed by atoms with E-state index in [1.807, 2.05) is 0 Å². The molecule has 5 nitrogen and oxygen atoms in total. The molecule has 0 aliphatic rings. The lowest BCUT2D eigenvalue weighted by molar-refractivity contribution is -0.136. The van der Waals surface area contributed by atoms with E-state index in [2.05, 4.69) is 9.47 Å². The van der Waals surface area contributed by atoms with Gasteiger partial charge in [-0.25, -0.2) is 9.59 Å². The van der Waals surface area contributed by atoms with Crippen LogP contribution in [0.15, 0.2) is 18.2 Å². The van der Waals surface area contributed by atoms with E-state index >= 15 is 0 Å². The Labute approximate surface area is 103 Å². The van der Waals surface area contributed by atoms with E-state index in [0.717, 1.165) is 6.08 Å². The lowest BCUT2D eigenvalue weighted by Gasteiger charge is -2.02. The van der Waals surface area contributed by atoms with E-state index in [-0.39, 0.29) is 5.57 Å². The Bertz CT molecular complexity index is 446. The van der Waals surface area contributed by atoms with Gasteiger partial charge in [-0.05, 0) is 12.1 Å². The predicted molar refractivity (Wildman–Crippen MR) is 62.9 cm³/mol. The molecule has 0 fully saturated rings. The number of hydrogen-bond donors (Lipinski definition) is 0. The molecule has 0 aromatic carbocycles. The highest BCUT2D eigenvalue weighted by atomic mass is 32.1. The fourth-order valence-corrected chi connectivity index (χ4v) is 1.92. The standard InChI is InChI=1S/C11H12O5S/c1-14-9(12)6-7(11(13)16-3)8-4-5-10(15-2)17-8/h4-6H,1-3H3/b7-6-. The first-order chi connectivity index (χ1) is 8.12. The Balaban J connectivity index is 3.10. The molecule has 1 aromatic heterocycles. The van der Waals surface area contributed by atoms with Crippen LogP contribution in [0.2, 0.25) is 0 Å². The summed E-state index contributed by atoms with van der Waals surface area (Å²) in [6.07, 6.45) is 1.09. The summed E-state index contributed by atoms with van der Waals surface area (Å²) in [5, 5.41) is 0.639. The maximum Gasteiger partial charge on any atom is 0.339 e. The summed E-state index contributed by atoms with van der Waals surface area (Å²) >= 11 is 1.24. The minimum atomic E-state index is -0.613. The molecular formula is C11H12O5S. The summed E-state index contributed by atoms with van der Waals surface area (Å²) in [5.74, 6) is -1.21. The van der Waals surface area contributed by atoms with Gasteiger partial charge in [0.15, 0.2) is 5.06 Å². The Morgan fingerprint density at radius 3 is 2.35 bits per heavy atom.